The fraction of sp³-hybridized carbons (Fsp3) is 0.636. The number of hydrogen-bond donors (Lipinski definition) is 3. The van der Waals surface area contributed by atoms with E-state index in [2.05, 4.69) is 25.6 Å². The zero-order chi connectivity index (χ0) is 11.7. The fourth-order valence-electron chi connectivity index (χ4n) is 2.83. The van der Waals surface area contributed by atoms with Crippen LogP contribution in [0.1, 0.15) is 12.8 Å². The number of hydrogen-bond acceptors (Lipinski definition) is 6. The van der Waals surface area contributed by atoms with E-state index in [1.807, 2.05) is 6.07 Å². The molecular formula is C11H18N6. The quantitative estimate of drug-likeness (QED) is 0.514. The maximum Gasteiger partial charge on any atom is 0.145 e. The highest BCUT2D eigenvalue weighted by molar-refractivity contribution is 5.46. The molecule has 1 unspecified atom stereocenters. The van der Waals surface area contributed by atoms with Gasteiger partial charge >= 0.3 is 0 Å². The van der Waals surface area contributed by atoms with E-state index in [1.54, 1.807) is 0 Å². The van der Waals surface area contributed by atoms with Gasteiger partial charge in [0.1, 0.15) is 18.0 Å². The van der Waals surface area contributed by atoms with E-state index in [0.717, 1.165) is 18.3 Å². The molecule has 4 N–H and O–H groups in total. The van der Waals surface area contributed by atoms with Gasteiger partial charge < -0.3 is 15.6 Å². The van der Waals surface area contributed by atoms with Gasteiger partial charge in [0.05, 0.1) is 0 Å². The second-order valence-electron chi connectivity index (χ2n) is 4.82. The molecule has 1 atom stereocenters. The van der Waals surface area contributed by atoms with Gasteiger partial charge in [-0.3, -0.25) is 0 Å². The second kappa shape index (κ2) is 4.46. The van der Waals surface area contributed by atoms with E-state index in [1.165, 1.54) is 32.3 Å². The van der Waals surface area contributed by atoms with Gasteiger partial charge in [0.25, 0.3) is 0 Å². The van der Waals surface area contributed by atoms with Crippen LogP contribution >= 0.6 is 0 Å². The number of nitrogens with one attached hydrogen (secondary N) is 2. The molecule has 0 saturated carbocycles. The molecule has 92 valence electrons. The van der Waals surface area contributed by atoms with Crippen LogP contribution in [-0.4, -0.2) is 40.5 Å². The van der Waals surface area contributed by atoms with Crippen molar-refractivity contribution in [3.63, 3.8) is 0 Å². The summed E-state index contributed by atoms with van der Waals surface area (Å²) in [6.07, 6.45) is 4.12. The van der Waals surface area contributed by atoms with Gasteiger partial charge in [-0.1, -0.05) is 0 Å². The van der Waals surface area contributed by atoms with E-state index in [9.17, 15) is 0 Å². The Balaban J connectivity index is 1.70. The van der Waals surface area contributed by atoms with Gasteiger partial charge in [-0.2, -0.15) is 0 Å². The molecule has 3 aliphatic rings. The lowest BCUT2D eigenvalue weighted by Gasteiger charge is -2.45. The Morgan fingerprint density at radius 1 is 1.24 bits per heavy atom. The highest BCUT2D eigenvalue weighted by atomic mass is 15.3. The van der Waals surface area contributed by atoms with Crippen LogP contribution in [0.4, 0.5) is 11.6 Å². The maximum atomic E-state index is 5.34. The number of nitrogens with two attached hydrogens (primary N) is 1. The minimum Gasteiger partial charge on any atom is -0.366 e. The summed E-state index contributed by atoms with van der Waals surface area (Å²) in [5.74, 6) is 7.61. The van der Waals surface area contributed by atoms with Crippen molar-refractivity contribution in [1.82, 2.24) is 14.9 Å². The van der Waals surface area contributed by atoms with Gasteiger partial charge in [0, 0.05) is 18.7 Å². The molecular weight excluding hydrogens is 216 g/mol. The lowest BCUT2D eigenvalue weighted by molar-refractivity contribution is 0.0974. The SMILES string of the molecule is NNc1cc(NC2CN3CCC2CC3)ncn1. The summed E-state index contributed by atoms with van der Waals surface area (Å²) in [5.41, 5.74) is 2.54. The van der Waals surface area contributed by atoms with E-state index in [-0.39, 0.29) is 0 Å². The van der Waals surface area contributed by atoms with Crippen LogP contribution in [0, 0.1) is 5.92 Å². The lowest BCUT2D eigenvalue weighted by atomic mass is 9.84. The number of nitrogen functional groups attached to an aromatic ring is 1. The van der Waals surface area contributed by atoms with Gasteiger partial charge in [0.15, 0.2) is 0 Å². The Bertz CT molecular complexity index is 387. The minimum absolute atomic E-state index is 0.512. The summed E-state index contributed by atoms with van der Waals surface area (Å²) in [5, 5.41) is 3.50. The highest BCUT2D eigenvalue weighted by Gasteiger charge is 2.34. The molecule has 0 aliphatic carbocycles. The number of piperidine rings is 3. The molecule has 2 bridgehead atoms. The number of nitrogens with zero attached hydrogens (tertiary/aromatic N) is 3. The van der Waals surface area contributed by atoms with Crippen molar-refractivity contribution >= 4 is 11.6 Å². The van der Waals surface area contributed by atoms with Gasteiger partial charge in [-0.25, -0.2) is 15.8 Å². The monoisotopic (exact) mass is 234 g/mol. The van der Waals surface area contributed by atoms with Crippen molar-refractivity contribution in [3.05, 3.63) is 12.4 Å². The predicted molar refractivity (Wildman–Crippen MR) is 66.4 cm³/mol. The molecule has 0 spiro atoms. The van der Waals surface area contributed by atoms with Crippen LogP contribution in [0.5, 0.6) is 0 Å². The molecule has 17 heavy (non-hydrogen) atoms. The average Bonchev–Trinajstić information content (AvgIpc) is 2.40. The molecule has 6 nitrogen and oxygen atoms in total. The minimum atomic E-state index is 0.512. The third-order valence-corrected chi connectivity index (χ3v) is 3.80. The molecule has 3 saturated heterocycles. The topological polar surface area (TPSA) is 79.1 Å². The number of anilines is 2. The van der Waals surface area contributed by atoms with Crippen molar-refractivity contribution in [3.8, 4) is 0 Å². The smallest absolute Gasteiger partial charge is 0.145 e. The maximum absolute atomic E-state index is 5.34. The van der Waals surface area contributed by atoms with Crippen LogP contribution in [-0.2, 0) is 0 Å². The third kappa shape index (κ3) is 2.18. The summed E-state index contributed by atoms with van der Waals surface area (Å²) >= 11 is 0. The summed E-state index contributed by atoms with van der Waals surface area (Å²) in [7, 11) is 0. The third-order valence-electron chi connectivity index (χ3n) is 3.80. The summed E-state index contributed by atoms with van der Waals surface area (Å²) in [4.78, 5) is 10.7. The number of aromatic nitrogens is 2. The predicted octanol–water partition coefficient (Wildman–Crippen LogP) is 0.268. The van der Waals surface area contributed by atoms with Crippen LogP contribution in [0.15, 0.2) is 12.4 Å². The van der Waals surface area contributed by atoms with E-state index >= 15 is 0 Å². The number of hydrazine groups is 1. The Hall–Kier alpha value is -1.40. The van der Waals surface area contributed by atoms with Crippen LogP contribution < -0.4 is 16.6 Å². The van der Waals surface area contributed by atoms with Gasteiger partial charge in [-0.15, -0.1) is 0 Å². The largest absolute Gasteiger partial charge is 0.366 e. The summed E-state index contributed by atoms with van der Waals surface area (Å²) in [6.45, 7) is 3.63. The molecule has 3 fully saturated rings. The first-order valence-corrected chi connectivity index (χ1v) is 6.13. The molecule has 4 rings (SSSR count). The molecule has 4 heterocycles. The first-order valence-electron chi connectivity index (χ1n) is 6.13. The summed E-state index contributed by atoms with van der Waals surface area (Å²) in [6, 6.07) is 2.36. The van der Waals surface area contributed by atoms with Crippen molar-refractivity contribution in [2.24, 2.45) is 11.8 Å². The first-order chi connectivity index (χ1) is 8.35. The number of rotatable bonds is 3. The number of fused-ring (bicyclic) bond motifs is 3. The normalized spacial score (nSPS) is 31.2. The molecule has 1 aromatic rings. The fourth-order valence-corrected chi connectivity index (χ4v) is 2.83. The van der Waals surface area contributed by atoms with Crippen molar-refractivity contribution in [2.75, 3.05) is 30.4 Å². The van der Waals surface area contributed by atoms with Crippen molar-refractivity contribution in [2.45, 2.75) is 18.9 Å². The Labute approximate surface area is 101 Å². The van der Waals surface area contributed by atoms with Gasteiger partial charge in [0.2, 0.25) is 0 Å². The highest BCUT2D eigenvalue weighted by Crippen LogP contribution is 2.29. The molecule has 0 amide bonds. The van der Waals surface area contributed by atoms with Crippen molar-refractivity contribution < 1.29 is 0 Å². The standard InChI is InChI=1S/C11H18N6/c12-16-11-5-10(13-7-14-11)15-9-6-17-3-1-8(9)2-4-17/h5,7-9H,1-4,6,12H2,(H2,13,14,15,16). The molecule has 0 aromatic carbocycles. The van der Waals surface area contributed by atoms with Crippen LogP contribution in [0.2, 0.25) is 0 Å². The van der Waals surface area contributed by atoms with Crippen LogP contribution in [0.25, 0.3) is 0 Å². The Morgan fingerprint density at radius 3 is 2.65 bits per heavy atom. The van der Waals surface area contributed by atoms with Gasteiger partial charge in [-0.05, 0) is 31.8 Å². The molecule has 6 heteroatoms. The Kier molecular flexibility index (Phi) is 2.82. The van der Waals surface area contributed by atoms with E-state index in [0.29, 0.717) is 11.9 Å². The zero-order valence-corrected chi connectivity index (χ0v) is 9.76. The molecule has 1 aromatic heterocycles. The lowest BCUT2D eigenvalue weighted by Crippen LogP contribution is -2.53. The van der Waals surface area contributed by atoms with Crippen LogP contribution in [0.3, 0.4) is 0 Å². The zero-order valence-electron chi connectivity index (χ0n) is 9.76. The molecule has 0 radical (unpaired) electrons. The van der Waals surface area contributed by atoms with E-state index < -0.39 is 0 Å². The average molecular weight is 234 g/mol. The Morgan fingerprint density at radius 2 is 2.00 bits per heavy atom. The summed E-state index contributed by atoms with van der Waals surface area (Å²) < 4.78 is 0. The van der Waals surface area contributed by atoms with E-state index in [4.69, 9.17) is 5.84 Å². The second-order valence-corrected chi connectivity index (χ2v) is 4.82. The molecule has 3 aliphatic heterocycles. The first kappa shape index (κ1) is 10.7. The van der Waals surface area contributed by atoms with Crippen molar-refractivity contribution in [1.29, 1.82) is 0 Å².